The topological polar surface area (TPSA) is 0 Å². The Morgan fingerprint density at radius 1 is 1.33 bits per heavy atom. The highest BCUT2D eigenvalue weighted by atomic mass is 35.5. The number of hydrogen-bond acceptors (Lipinski definition) is 0. The molecule has 0 N–H and O–H groups in total. The lowest BCUT2D eigenvalue weighted by Gasteiger charge is -2.13. The third kappa shape index (κ3) is 4.00. The number of alkyl halides is 1. The summed E-state index contributed by atoms with van der Waals surface area (Å²) in [4.78, 5) is 0. The molecule has 0 nitrogen and oxygen atoms in total. The molecule has 1 aromatic rings. The number of benzene rings is 1. The molecule has 3 heteroatoms. The SMILES string of the molecule is CC(C)CC(Cl)Cc1c(F)cccc1Cl. The minimum atomic E-state index is -0.267. The van der Waals surface area contributed by atoms with Crippen LogP contribution in [0.1, 0.15) is 25.8 Å². The van der Waals surface area contributed by atoms with Crippen LogP contribution in [0.3, 0.4) is 0 Å². The van der Waals surface area contributed by atoms with Gasteiger partial charge in [-0.15, -0.1) is 11.6 Å². The van der Waals surface area contributed by atoms with Crippen LogP contribution >= 0.6 is 23.2 Å². The van der Waals surface area contributed by atoms with Gasteiger partial charge in [0.05, 0.1) is 0 Å². The predicted octanol–water partition coefficient (Wildman–Crippen LogP) is 4.68. The van der Waals surface area contributed by atoms with Crippen molar-refractivity contribution >= 4 is 23.2 Å². The average molecular weight is 249 g/mol. The summed E-state index contributed by atoms with van der Waals surface area (Å²) in [6.07, 6.45) is 1.36. The summed E-state index contributed by atoms with van der Waals surface area (Å²) < 4.78 is 13.4. The Kier molecular flexibility index (Phi) is 4.88. The van der Waals surface area contributed by atoms with Crippen LogP contribution < -0.4 is 0 Å². The van der Waals surface area contributed by atoms with Gasteiger partial charge in [0.25, 0.3) is 0 Å². The van der Waals surface area contributed by atoms with Crippen LogP contribution in [0.5, 0.6) is 0 Å². The fraction of sp³-hybridized carbons (Fsp3) is 0.500. The Bertz CT molecular complexity index is 303. The molecule has 15 heavy (non-hydrogen) atoms. The second-order valence-electron chi connectivity index (χ2n) is 4.13. The average Bonchev–Trinajstić information content (AvgIpc) is 2.10. The Morgan fingerprint density at radius 3 is 2.53 bits per heavy atom. The standard InChI is InChI=1S/C12H15Cl2F/c1-8(2)6-9(13)7-10-11(14)4-3-5-12(10)15/h3-5,8-9H,6-7H2,1-2H3. The molecule has 1 rings (SSSR count). The van der Waals surface area contributed by atoms with Gasteiger partial charge in [-0.2, -0.15) is 0 Å². The predicted molar refractivity (Wildman–Crippen MR) is 64.2 cm³/mol. The van der Waals surface area contributed by atoms with Gasteiger partial charge in [-0.05, 0) is 30.9 Å². The molecule has 1 atom stereocenters. The van der Waals surface area contributed by atoms with Crippen molar-refractivity contribution < 1.29 is 4.39 Å². The summed E-state index contributed by atoms with van der Waals surface area (Å²) in [5.41, 5.74) is 0.528. The van der Waals surface area contributed by atoms with Crippen molar-refractivity contribution in [3.63, 3.8) is 0 Å². The van der Waals surface area contributed by atoms with Gasteiger partial charge in [0.2, 0.25) is 0 Å². The van der Waals surface area contributed by atoms with E-state index in [1.165, 1.54) is 6.07 Å². The second-order valence-corrected chi connectivity index (χ2v) is 5.16. The molecule has 0 amide bonds. The first-order valence-electron chi connectivity index (χ1n) is 5.07. The van der Waals surface area contributed by atoms with Gasteiger partial charge in [-0.1, -0.05) is 31.5 Å². The van der Waals surface area contributed by atoms with E-state index in [1.54, 1.807) is 12.1 Å². The van der Waals surface area contributed by atoms with Crippen molar-refractivity contribution in [2.24, 2.45) is 5.92 Å². The second kappa shape index (κ2) is 5.72. The normalized spacial score (nSPS) is 13.2. The van der Waals surface area contributed by atoms with Gasteiger partial charge >= 0.3 is 0 Å². The number of hydrogen-bond donors (Lipinski definition) is 0. The molecule has 0 aliphatic rings. The lowest BCUT2D eigenvalue weighted by molar-refractivity contribution is 0.548. The monoisotopic (exact) mass is 248 g/mol. The molecule has 0 radical (unpaired) electrons. The van der Waals surface area contributed by atoms with E-state index >= 15 is 0 Å². The minimum absolute atomic E-state index is 0.0561. The van der Waals surface area contributed by atoms with E-state index in [2.05, 4.69) is 13.8 Å². The van der Waals surface area contributed by atoms with Crippen LogP contribution in [0.2, 0.25) is 5.02 Å². The first kappa shape index (κ1) is 12.8. The van der Waals surface area contributed by atoms with E-state index in [4.69, 9.17) is 23.2 Å². The van der Waals surface area contributed by atoms with Gasteiger partial charge in [0.1, 0.15) is 5.82 Å². The maximum absolute atomic E-state index is 13.4. The molecule has 0 aromatic heterocycles. The molecule has 0 spiro atoms. The Hall–Kier alpha value is -0.270. The van der Waals surface area contributed by atoms with E-state index in [1.807, 2.05) is 0 Å². The van der Waals surface area contributed by atoms with Crippen LogP contribution in [0, 0.1) is 11.7 Å². The fourth-order valence-corrected chi connectivity index (χ4v) is 2.29. The molecule has 0 saturated carbocycles. The molecule has 0 saturated heterocycles. The van der Waals surface area contributed by atoms with Crippen LogP contribution in [-0.2, 0) is 6.42 Å². The van der Waals surface area contributed by atoms with E-state index in [0.717, 1.165) is 6.42 Å². The highest BCUT2D eigenvalue weighted by molar-refractivity contribution is 6.31. The molecule has 0 heterocycles. The summed E-state index contributed by atoms with van der Waals surface area (Å²) in [7, 11) is 0. The molecule has 0 bridgehead atoms. The van der Waals surface area contributed by atoms with Crippen molar-refractivity contribution in [2.75, 3.05) is 0 Å². The zero-order chi connectivity index (χ0) is 11.4. The van der Waals surface area contributed by atoms with Crippen molar-refractivity contribution in [1.82, 2.24) is 0 Å². The molecule has 0 aliphatic heterocycles. The number of rotatable bonds is 4. The third-order valence-electron chi connectivity index (χ3n) is 2.21. The van der Waals surface area contributed by atoms with Gasteiger partial charge in [0.15, 0.2) is 0 Å². The minimum Gasteiger partial charge on any atom is -0.207 e. The highest BCUT2D eigenvalue weighted by Gasteiger charge is 2.13. The maximum atomic E-state index is 13.4. The lowest BCUT2D eigenvalue weighted by Crippen LogP contribution is -2.08. The first-order valence-corrected chi connectivity index (χ1v) is 5.89. The van der Waals surface area contributed by atoms with Crippen LogP contribution in [0.15, 0.2) is 18.2 Å². The van der Waals surface area contributed by atoms with Crippen LogP contribution in [0.25, 0.3) is 0 Å². The summed E-state index contributed by atoms with van der Waals surface area (Å²) in [6.45, 7) is 4.19. The quantitative estimate of drug-likeness (QED) is 0.680. The Balaban J connectivity index is 2.71. The zero-order valence-electron chi connectivity index (χ0n) is 8.93. The molecule has 1 unspecified atom stereocenters. The Morgan fingerprint density at radius 2 is 2.00 bits per heavy atom. The molecule has 1 aromatic carbocycles. The van der Waals surface area contributed by atoms with Gasteiger partial charge < -0.3 is 0 Å². The fourth-order valence-electron chi connectivity index (χ4n) is 1.54. The third-order valence-corrected chi connectivity index (χ3v) is 2.90. The smallest absolute Gasteiger partial charge is 0.127 e. The van der Waals surface area contributed by atoms with Gasteiger partial charge in [-0.3, -0.25) is 0 Å². The van der Waals surface area contributed by atoms with E-state index < -0.39 is 0 Å². The van der Waals surface area contributed by atoms with Gasteiger partial charge in [-0.25, -0.2) is 4.39 Å². The lowest BCUT2D eigenvalue weighted by atomic mass is 10.0. The molecule has 0 aliphatic carbocycles. The van der Waals surface area contributed by atoms with Crippen molar-refractivity contribution in [3.8, 4) is 0 Å². The highest BCUT2D eigenvalue weighted by Crippen LogP contribution is 2.24. The van der Waals surface area contributed by atoms with Crippen LogP contribution in [0.4, 0.5) is 4.39 Å². The summed E-state index contributed by atoms with van der Waals surface area (Å²) in [5.74, 6) is 0.245. The maximum Gasteiger partial charge on any atom is 0.127 e. The van der Waals surface area contributed by atoms with Gasteiger partial charge in [0, 0.05) is 16.0 Å². The van der Waals surface area contributed by atoms with Crippen molar-refractivity contribution in [1.29, 1.82) is 0 Å². The Labute approximate surface area is 100 Å². The summed E-state index contributed by atoms with van der Waals surface area (Å²) >= 11 is 12.0. The first-order chi connectivity index (χ1) is 7.00. The molecule has 0 fully saturated rings. The summed E-state index contributed by atoms with van der Waals surface area (Å²) in [6, 6.07) is 4.71. The largest absolute Gasteiger partial charge is 0.207 e. The van der Waals surface area contributed by atoms with Crippen molar-refractivity contribution in [3.05, 3.63) is 34.6 Å². The molecular formula is C12H15Cl2F. The summed E-state index contributed by atoms with van der Waals surface area (Å²) in [5, 5.41) is 0.406. The zero-order valence-corrected chi connectivity index (χ0v) is 10.4. The van der Waals surface area contributed by atoms with E-state index in [-0.39, 0.29) is 11.2 Å². The number of halogens is 3. The van der Waals surface area contributed by atoms with E-state index in [9.17, 15) is 4.39 Å². The molecular weight excluding hydrogens is 234 g/mol. The van der Waals surface area contributed by atoms with Crippen LogP contribution in [-0.4, -0.2) is 5.38 Å². The van der Waals surface area contributed by atoms with Crippen molar-refractivity contribution in [2.45, 2.75) is 32.1 Å². The van der Waals surface area contributed by atoms with E-state index in [0.29, 0.717) is 22.9 Å². The molecule has 84 valence electrons.